The molecule has 0 spiro atoms. The van der Waals surface area contributed by atoms with E-state index in [9.17, 15) is 13.2 Å². The molecule has 1 amide bonds. The van der Waals surface area contributed by atoms with Crippen molar-refractivity contribution in [2.75, 3.05) is 26.2 Å². The number of halogens is 1. The highest BCUT2D eigenvalue weighted by Crippen LogP contribution is 2.25. The van der Waals surface area contributed by atoms with Crippen LogP contribution in [-0.4, -0.2) is 64.7 Å². The Balaban J connectivity index is 1.23. The Morgan fingerprint density at radius 3 is 2.29 bits per heavy atom. The molecule has 0 unspecified atom stereocenters. The number of hydrogen-bond donors (Lipinski definition) is 0. The molecule has 0 radical (unpaired) electrons. The van der Waals surface area contributed by atoms with Crippen molar-refractivity contribution in [3.05, 3.63) is 88.9 Å². The molecular weight excluding hydrogens is 474 g/mol. The standard InChI is InChI=1S/C24H22ClN5O3S/c25-20-5-1-4-8-23(20)34(32,33)29-15-13-28(14-16-29)24(31)19-11-9-18(10-12-19)17-30-22-7-3-2-6-21(22)26-27-30/h1-12H,13-17H2. The lowest BCUT2D eigenvalue weighted by Gasteiger charge is -2.34. The summed E-state index contributed by atoms with van der Waals surface area (Å²) in [6, 6.07) is 21.6. The molecule has 1 fully saturated rings. The number of carbonyl (C=O) groups excluding carboxylic acids is 1. The third-order valence-electron chi connectivity index (χ3n) is 5.93. The molecule has 1 aliphatic heterocycles. The molecule has 0 atom stereocenters. The molecule has 4 aromatic rings. The molecule has 10 heteroatoms. The maximum atomic E-state index is 13.0. The molecule has 0 N–H and O–H groups in total. The van der Waals surface area contributed by atoms with E-state index in [1.807, 2.05) is 41.1 Å². The highest BCUT2D eigenvalue weighted by molar-refractivity contribution is 7.89. The molecule has 174 valence electrons. The zero-order valence-electron chi connectivity index (χ0n) is 18.2. The van der Waals surface area contributed by atoms with Gasteiger partial charge >= 0.3 is 0 Å². The van der Waals surface area contributed by atoms with Crippen molar-refractivity contribution in [1.82, 2.24) is 24.2 Å². The lowest BCUT2D eigenvalue weighted by molar-refractivity contribution is 0.0698. The van der Waals surface area contributed by atoms with E-state index in [1.165, 1.54) is 10.4 Å². The van der Waals surface area contributed by atoms with Gasteiger partial charge < -0.3 is 4.90 Å². The summed E-state index contributed by atoms with van der Waals surface area (Å²) >= 11 is 6.09. The van der Waals surface area contributed by atoms with Crippen molar-refractivity contribution in [3.63, 3.8) is 0 Å². The van der Waals surface area contributed by atoms with Crippen LogP contribution >= 0.6 is 11.6 Å². The second-order valence-corrected chi connectivity index (χ2v) is 10.4. The molecule has 0 aliphatic carbocycles. The van der Waals surface area contributed by atoms with Gasteiger partial charge in [-0.05, 0) is 42.0 Å². The summed E-state index contributed by atoms with van der Waals surface area (Å²) in [6.45, 7) is 1.62. The monoisotopic (exact) mass is 495 g/mol. The number of aromatic nitrogens is 3. The van der Waals surface area contributed by atoms with E-state index in [0.29, 0.717) is 25.2 Å². The zero-order chi connectivity index (χ0) is 23.7. The van der Waals surface area contributed by atoms with Crippen molar-refractivity contribution < 1.29 is 13.2 Å². The third kappa shape index (κ3) is 4.29. The lowest BCUT2D eigenvalue weighted by Crippen LogP contribution is -2.50. The fraction of sp³-hybridized carbons (Fsp3) is 0.208. The minimum absolute atomic E-state index is 0.0900. The Hall–Kier alpha value is -3.27. The zero-order valence-corrected chi connectivity index (χ0v) is 19.8. The number of hydrogen-bond acceptors (Lipinski definition) is 5. The van der Waals surface area contributed by atoms with Crippen molar-refractivity contribution >= 4 is 38.6 Å². The molecule has 34 heavy (non-hydrogen) atoms. The Morgan fingerprint density at radius 1 is 0.882 bits per heavy atom. The molecule has 2 heterocycles. The van der Waals surface area contributed by atoms with Crippen LogP contribution in [0.3, 0.4) is 0 Å². The van der Waals surface area contributed by atoms with Gasteiger partial charge in [-0.3, -0.25) is 4.79 Å². The van der Waals surface area contributed by atoms with Crippen LogP contribution in [-0.2, 0) is 16.6 Å². The minimum Gasteiger partial charge on any atom is -0.336 e. The second-order valence-electron chi connectivity index (χ2n) is 8.06. The summed E-state index contributed by atoms with van der Waals surface area (Å²) in [5, 5.41) is 8.57. The highest BCUT2D eigenvalue weighted by atomic mass is 35.5. The van der Waals surface area contributed by atoms with E-state index in [0.717, 1.165) is 16.6 Å². The highest BCUT2D eigenvalue weighted by Gasteiger charge is 2.31. The van der Waals surface area contributed by atoms with Crippen LogP contribution in [0, 0.1) is 0 Å². The number of fused-ring (bicyclic) bond motifs is 1. The number of rotatable bonds is 5. The van der Waals surface area contributed by atoms with Gasteiger partial charge in [0.15, 0.2) is 0 Å². The number of benzene rings is 3. The van der Waals surface area contributed by atoms with Gasteiger partial charge in [-0.2, -0.15) is 4.31 Å². The van der Waals surface area contributed by atoms with Gasteiger partial charge in [0.2, 0.25) is 10.0 Å². The molecular formula is C24H22ClN5O3S. The van der Waals surface area contributed by atoms with Crippen molar-refractivity contribution in [2.45, 2.75) is 11.4 Å². The average Bonchev–Trinajstić information content (AvgIpc) is 3.27. The van der Waals surface area contributed by atoms with E-state index in [2.05, 4.69) is 10.3 Å². The van der Waals surface area contributed by atoms with Crippen LogP contribution in [0.25, 0.3) is 11.0 Å². The topological polar surface area (TPSA) is 88.4 Å². The van der Waals surface area contributed by atoms with Crippen molar-refractivity contribution in [1.29, 1.82) is 0 Å². The number of para-hydroxylation sites is 1. The lowest BCUT2D eigenvalue weighted by atomic mass is 10.1. The van der Waals surface area contributed by atoms with Gasteiger partial charge in [-0.15, -0.1) is 5.10 Å². The number of sulfonamides is 1. The molecule has 1 saturated heterocycles. The Bertz CT molecular complexity index is 1450. The van der Waals surface area contributed by atoms with Crippen molar-refractivity contribution in [2.24, 2.45) is 0 Å². The van der Waals surface area contributed by atoms with Crippen molar-refractivity contribution in [3.8, 4) is 0 Å². The SMILES string of the molecule is O=C(c1ccc(Cn2nnc3ccccc32)cc1)N1CCN(S(=O)(=O)c2ccccc2Cl)CC1. The van der Waals surface area contributed by atoms with Gasteiger partial charge in [0.1, 0.15) is 10.4 Å². The maximum Gasteiger partial charge on any atom is 0.253 e. The number of carbonyl (C=O) groups is 1. The van der Waals surface area contributed by atoms with Gasteiger partial charge in [0.25, 0.3) is 5.91 Å². The van der Waals surface area contributed by atoms with Crippen LogP contribution < -0.4 is 0 Å². The molecule has 0 bridgehead atoms. The van der Waals surface area contributed by atoms with Gasteiger partial charge in [-0.1, -0.05) is 53.2 Å². The van der Waals surface area contributed by atoms with Gasteiger partial charge in [0.05, 0.1) is 17.1 Å². The van der Waals surface area contributed by atoms with Crippen LogP contribution in [0.2, 0.25) is 5.02 Å². The quantitative estimate of drug-likeness (QED) is 0.424. The predicted octanol–water partition coefficient (Wildman–Crippen LogP) is 3.28. The van der Waals surface area contributed by atoms with E-state index in [1.54, 1.807) is 35.2 Å². The first-order chi connectivity index (χ1) is 16.4. The Kier molecular flexibility index (Phi) is 6.07. The first kappa shape index (κ1) is 22.5. The predicted molar refractivity (Wildman–Crippen MR) is 129 cm³/mol. The van der Waals surface area contributed by atoms with Crippen LogP contribution in [0.5, 0.6) is 0 Å². The molecule has 3 aromatic carbocycles. The number of piperazine rings is 1. The van der Waals surface area contributed by atoms with Gasteiger partial charge in [0, 0.05) is 31.7 Å². The number of amides is 1. The summed E-state index contributed by atoms with van der Waals surface area (Å²) in [4.78, 5) is 14.8. The smallest absolute Gasteiger partial charge is 0.253 e. The third-order valence-corrected chi connectivity index (χ3v) is 8.33. The molecule has 1 aliphatic rings. The second kappa shape index (κ2) is 9.17. The maximum absolute atomic E-state index is 13.0. The first-order valence-corrected chi connectivity index (χ1v) is 12.7. The molecule has 0 saturated carbocycles. The number of nitrogens with zero attached hydrogens (tertiary/aromatic N) is 5. The van der Waals surface area contributed by atoms with E-state index in [-0.39, 0.29) is 28.9 Å². The Morgan fingerprint density at radius 2 is 1.56 bits per heavy atom. The summed E-state index contributed by atoms with van der Waals surface area (Å²) < 4.78 is 29.1. The summed E-state index contributed by atoms with van der Waals surface area (Å²) in [7, 11) is -3.70. The fourth-order valence-corrected chi connectivity index (χ4v) is 5.98. The van der Waals surface area contributed by atoms with E-state index in [4.69, 9.17) is 11.6 Å². The molecule has 1 aromatic heterocycles. The van der Waals surface area contributed by atoms with Crippen LogP contribution in [0.1, 0.15) is 15.9 Å². The summed E-state index contributed by atoms with van der Waals surface area (Å²) in [6.07, 6.45) is 0. The fourth-order valence-electron chi connectivity index (χ4n) is 4.07. The first-order valence-electron chi connectivity index (χ1n) is 10.8. The molecule has 8 nitrogen and oxygen atoms in total. The summed E-state index contributed by atoms with van der Waals surface area (Å²) in [5.74, 6) is -0.118. The largest absolute Gasteiger partial charge is 0.336 e. The Labute approximate surface area is 202 Å². The van der Waals surface area contributed by atoms with Gasteiger partial charge in [-0.25, -0.2) is 13.1 Å². The van der Waals surface area contributed by atoms with Crippen LogP contribution in [0.4, 0.5) is 0 Å². The van der Waals surface area contributed by atoms with E-state index >= 15 is 0 Å². The average molecular weight is 496 g/mol. The normalized spacial score (nSPS) is 15.0. The van der Waals surface area contributed by atoms with Crippen LogP contribution in [0.15, 0.2) is 77.7 Å². The van der Waals surface area contributed by atoms with E-state index < -0.39 is 10.0 Å². The minimum atomic E-state index is -3.70. The summed E-state index contributed by atoms with van der Waals surface area (Å²) in [5.41, 5.74) is 3.36. The molecule has 5 rings (SSSR count).